The fourth-order valence-corrected chi connectivity index (χ4v) is 1.89. The van der Waals surface area contributed by atoms with Gasteiger partial charge in [0.15, 0.2) is 5.75 Å². The normalized spacial score (nSPS) is 12.3. The zero-order chi connectivity index (χ0) is 15.0. The van der Waals surface area contributed by atoms with Crippen LogP contribution in [0.5, 0.6) is 5.75 Å². The second-order valence-electron chi connectivity index (χ2n) is 2.83. The Morgan fingerprint density at radius 2 is 1.95 bits per heavy atom. The van der Waals surface area contributed by atoms with Crippen LogP contribution in [-0.4, -0.2) is 24.7 Å². The van der Waals surface area contributed by atoms with E-state index < -0.39 is 42.6 Å². The van der Waals surface area contributed by atoms with Gasteiger partial charge in [-0.25, -0.2) is 13.4 Å². The molecule has 106 valence electrons. The lowest BCUT2D eigenvalue weighted by Crippen LogP contribution is -2.19. The van der Waals surface area contributed by atoms with Crippen LogP contribution in [-0.2, 0) is 9.05 Å². The predicted octanol–water partition coefficient (Wildman–Crippen LogP) is 1.95. The summed E-state index contributed by atoms with van der Waals surface area (Å²) in [5.74, 6) is -3.81. The highest BCUT2D eigenvalue weighted by Crippen LogP contribution is 2.34. The Kier molecular flexibility index (Phi) is 3.86. The van der Waals surface area contributed by atoms with Gasteiger partial charge in [0, 0.05) is 10.7 Å². The molecule has 0 N–H and O–H groups in total. The first-order valence-electron chi connectivity index (χ1n) is 3.97. The molecule has 0 aliphatic rings. The number of pyridine rings is 1. The molecule has 0 amide bonds. The number of hydrogen-bond acceptors (Lipinski definition) is 6. The van der Waals surface area contributed by atoms with Crippen molar-refractivity contribution in [1.29, 1.82) is 0 Å². The average Bonchev–Trinajstić information content (AvgIpc) is 2.16. The van der Waals surface area contributed by atoms with Crippen LogP contribution in [0.3, 0.4) is 0 Å². The van der Waals surface area contributed by atoms with Crippen molar-refractivity contribution in [3.05, 3.63) is 22.1 Å². The zero-order valence-electron chi connectivity index (χ0n) is 8.31. The monoisotopic (exact) mass is 324 g/mol. The lowest BCUT2D eigenvalue weighted by Gasteiger charge is -2.09. The van der Waals surface area contributed by atoms with E-state index in [4.69, 9.17) is 10.7 Å². The Balaban J connectivity index is 3.54. The second-order valence-corrected chi connectivity index (χ2v) is 5.31. The van der Waals surface area contributed by atoms with E-state index in [-0.39, 0.29) is 6.20 Å². The Bertz CT molecular complexity index is 631. The number of ether oxygens (including phenoxy) is 1. The van der Waals surface area contributed by atoms with Gasteiger partial charge in [0.2, 0.25) is 5.82 Å². The highest BCUT2D eigenvalue weighted by Gasteiger charge is 2.38. The number of nitro groups is 1. The maximum Gasteiger partial charge on any atom is 0.573 e. The van der Waals surface area contributed by atoms with Crippen LogP contribution >= 0.6 is 10.7 Å². The molecule has 0 aliphatic heterocycles. The minimum atomic E-state index is -5.34. The molecule has 0 unspecified atom stereocenters. The lowest BCUT2D eigenvalue weighted by molar-refractivity contribution is -0.391. The van der Waals surface area contributed by atoms with Crippen molar-refractivity contribution < 1.29 is 35.6 Å². The number of rotatable bonds is 3. The number of aromatic nitrogens is 1. The summed E-state index contributed by atoms with van der Waals surface area (Å²) in [6, 6.07) is 0. The summed E-state index contributed by atoms with van der Waals surface area (Å²) in [7, 11) is -0.0780. The third-order valence-corrected chi connectivity index (χ3v) is 2.76. The van der Waals surface area contributed by atoms with E-state index in [1.54, 1.807) is 0 Å². The van der Waals surface area contributed by atoms with Crippen molar-refractivity contribution in [3.63, 3.8) is 0 Å². The molecule has 0 aliphatic carbocycles. The van der Waals surface area contributed by atoms with Crippen LogP contribution in [0.25, 0.3) is 0 Å². The molecule has 1 rings (SSSR count). The van der Waals surface area contributed by atoms with Crippen LogP contribution in [0, 0.1) is 15.9 Å². The highest BCUT2D eigenvalue weighted by molar-refractivity contribution is 8.13. The fourth-order valence-electron chi connectivity index (χ4n) is 0.978. The van der Waals surface area contributed by atoms with Crippen molar-refractivity contribution >= 4 is 25.4 Å². The number of alkyl halides is 3. The van der Waals surface area contributed by atoms with E-state index in [9.17, 15) is 36.1 Å². The van der Waals surface area contributed by atoms with E-state index >= 15 is 0 Å². The third kappa shape index (κ3) is 3.64. The molecule has 0 atom stereocenters. The van der Waals surface area contributed by atoms with Crippen LogP contribution in [0.2, 0.25) is 0 Å². The molecule has 1 heterocycles. The molecular formula is C6HClF4N2O5S. The first kappa shape index (κ1) is 15.4. The van der Waals surface area contributed by atoms with Gasteiger partial charge in [0.05, 0.1) is 11.1 Å². The van der Waals surface area contributed by atoms with Crippen molar-refractivity contribution in [2.45, 2.75) is 11.4 Å². The lowest BCUT2D eigenvalue weighted by atomic mass is 10.4. The first-order valence-corrected chi connectivity index (χ1v) is 6.27. The first-order chi connectivity index (χ1) is 8.43. The Labute approximate surface area is 106 Å². The molecule has 1 aromatic heterocycles. The highest BCUT2D eigenvalue weighted by atomic mass is 35.7. The maximum absolute atomic E-state index is 13.4. The molecule has 0 fully saturated rings. The summed E-state index contributed by atoms with van der Waals surface area (Å²) in [6.07, 6.45) is -5.32. The smallest absolute Gasteiger partial charge is 0.401 e. The van der Waals surface area contributed by atoms with Gasteiger partial charge in [-0.15, -0.1) is 13.2 Å². The molecule has 0 radical (unpaired) electrons. The van der Waals surface area contributed by atoms with Crippen molar-refractivity contribution in [2.75, 3.05) is 0 Å². The molecule has 0 saturated heterocycles. The van der Waals surface area contributed by atoms with Crippen LogP contribution in [0.15, 0.2) is 11.2 Å². The van der Waals surface area contributed by atoms with Gasteiger partial charge in [0.25, 0.3) is 14.1 Å². The Morgan fingerprint density at radius 1 is 1.42 bits per heavy atom. The van der Waals surface area contributed by atoms with Gasteiger partial charge < -0.3 is 4.74 Å². The van der Waals surface area contributed by atoms with Gasteiger partial charge >= 0.3 is 12.0 Å². The van der Waals surface area contributed by atoms with Gasteiger partial charge in [-0.05, 0) is 0 Å². The van der Waals surface area contributed by atoms with Crippen LogP contribution < -0.4 is 4.74 Å². The number of hydrogen-bond donors (Lipinski definition) is 0. The number of halogens is 5. The van der Waals surface area contributed by atoms with E-state index in [1.165, 1.54) is 0 Å². The minimum absolute atomic E-state index is 0.0189. The molecule has 13 heteroatoms. The standard InChI is InChI=1S/C6HClF4N2O5S/c7-19(16,17)5-4(13(14)15)3(8)2(1-12-5)18-6(9,10)11/h1H. The molecule has 1 aromatic rings. The topological polar surface area (TPSA) is 99.4 Å². The quantitative estimate of drug-likeness (QED) is 0.365. The van der Waals surface area contributed by atoms with Crippen molar-refractivity contribution in [2.24, 2.45) is 0 Å². The van der Waals surface area contributed by atoms with Crippen LogP contribution in [0.1, 0.15) is 0 Å². The van der Waals surface area contributed by atoms with E-state index in [0.29, 0.717) is 0 Å². The van der Waals surface area contributed by atoms with Gasteiger partial charge in [0.1, 0.15) is 0 Å². The molecule has 0 spiro atoms. The fraction of sp³-hybridized carbons (Fsp3) is 0.167. The average molecular weight is 325 g/mol. The zero-order valence-corrected chi connectivity index (χ0v) is 9.88. The molecule has 0 aromatic carbocycles. The molecule has 19 heavy (non-hydrogen) atoms. The van der Waals surface area contributed by atoms with Gasteiger partial charge in [-0.3, -0.25) is 10.1 Å². The third-order valence-electron chi connectivity index (χ3n) is 1.57. The molecule has 7 nitrogen and oxygen atoms in total. The Hall–Kier alpha value is -1.69. The molecule has 0 saturated carbocycles. The SMILES string of the molecule is O=[N+]([O-])c1c(S(=O)(=O)Cl)ncc(OC(F)(F)F)c1F. The van der Waals surface area contributed by atoms with Crippen molar-refractivity contribution in [3.8, 4) is 5.75 Å². The molecular weight excluding hydrogens is 324 g/mol. The molecule has 0 bridgehead atoms. The van der Waals surface area contributed by atoms with E-state index in [2.05, 4.69) is 9.72 Å². The summed E-state index contributed by atoms with van der Waals surface area (Å²) in [6.45, 7) is 0. The largest absolute Gasteiger partial charge is 0.573 e. The summed E-state index contributed by atoms with van der Waals surface area (Å²) in [5, 5.41) is 8.95. The van der Waals surface area contributed by atoms with Gasteiger partial charge in [-0.1, -0.05) is 0 Å². The van der Waals surface area contributed by atoms with Crippen molar-refractivity contribution in [1.82, 2.24) is 4.98 Å². The second kappa shape index (κ2) is 4.77. The minimum Gasteiger partial charge on any atom is -0.401 e. The summed E-state index contributed by atoms with van der Waals surface area (Å²) in [5.41, 5.74) is -1.84. The predicted molar refractivity (Wildman–Crippen MR) is 50.6 cm³/mol. The summed E-state index contributed by atoms with van der Waals surface area (Å²) >= 11 is 0. The number of nitrogens with zero attached hydrogens (tertiary/aromatic N) is 2. The summed E-state index contributed by atoms with van der Waals surface area (Å²) in [4.78, 5) is 11.7. The Morgan fingerprint density at radius 3 is 2.32 bits per heavy atom. The van der Waals surface area contributed by atoms with Gasteiger partial charge in [-0.2, -0.15) is 4.39 Å². The van der Waals surface area contributed by atoms with E-state index in [0.717, 1.165) is 0 Å². The van der Waals surface area contributed by atoms with E-state index in [1.807, 2.05) is 0 Å². The van der Waals surface area contributed by atoms with Crippen LogP contribution in [0.4, 0.5) is 23.2 Å². The summed E-state index contributed by atoms with van der Waals surface area (Å²) < 4.78 is 73.9. The maximum atomic E-state index is 13.4.